The summed E-state index contributed by atoms with van der Waals surface area (Å²) in [4.78, 5) is 36.2. The van der Waals surface area contributed by atoms with Crippen molar-refractivity contribution < 1.29 is 19.5 Å². The molecule has 3 rings (SSSR count). The van der Waals surface area contributed by atoms with Crippen LogP contribution in [0.15, 0.2) is 21.7 Å². The third kappa shape index (κ3) is 3.08. The monoisotopic (exact) mass is 372 g/mol. The number of hydrogen-bond donors (Lipinski definition) is 2. The molecule has 1 saturated heterocycles. The molecule has 0 spiro atoms. The zero-order valence-electron chi connectivity index (χ0n) is 11.9. The molecule has 0 saturated carbocycles. The molecule has 2 aliphatic heterocycles. The molecular formula is C12H12N4O4S3. The van der Waals surface area contributed by atoms with Gasteiger partial charge in [-0.3, -0.25) is 14.5 Å². The first kappa shape index (κ1) is 16.3. The second-order valence-corrected chi connectivity index (χ2v) is 7.59. The quantitative estimate of drug-likeness (QED) is 0.564. The van der Waals surface area contributed by atoms with Crippen LogP contribution in [-0.4, -0.2) is 60.3 Å². The summed E-state index contributed by atoms with van der Waals surface area (Å²) >= 11 is 4.07. The van der Waals surface area contributed by atoms with Crippen LogP contribution < -0.4 is 5.32 Å². The van der Waals surface area contributed by atoms with Gasteiger partial charge in [0.2, 0.25) is 5.91 Å². The molecule has 0 aromatic carbocycles. The van der Waals surface area contributed by atoms with Gasteiger partial charge in [0.05, 0.1) is 0 Å². The van der Waals surface area contributed by atoms with Crippen molar-refractivity contribution in [1.82, 2.24) is 19.8 Å². The first-order chi connectivity index (χ1) is 11.0. The number of carboxylic acid groups (broad SMARTS) is 1. The number of β-lactam (4-membered cyclic amide) rings is 1. The molecule has 0 radical (unpaired) electrons. The van der Waals surface area contributed by atoms with Gasteiger partial charge in [-0.25, -0.2) is 4.79 Å². The highest BCUT2D eigenvalue weighted by Gasteiger charge is 2.53. The van der Waals surface area contributed by atoms with E-state index in [0.717, 1.165) is 5.03 Å². The largest absolute Gasteiger partial charge is 0.477 e. The third-order valence-electron chi connectivity index (χ3n) is 3.34. The minimum atomic E-state index is -1.13. The number of fused-ring (bicyclic) bond motifs is 1. The molecule has 11 heteroatoms. The van der Waals surface area contributed by atoms with Gasteiger partial charge < -0.3 is 10.4 Å². The summed E-state index contributed by atoms with van der Waals surface area (Å²) < 4.78 is 3.76. The summed E-state index contributed by atoms with van der Waals surface area (Å²) in [5.41, 5.74) is 0.697. The van der Waals surface area contributed by atoms with Crippen LogP contribution >= 0.6 is 35.1 Å². The highest BCUT2D eigenvalue weighted by molar-refractivity contribution is 8.01. The zero-order valence-corrected chi connectivity index (χ0v) is 14.3. The van der Waals surface area contributed by atoms with Crippen molar-refractivity contribution in [2.24, 2.45) is 0 Å². The Labute approximate surface area is 143 Å². The van der Waals surface area contributed by atoms with E-state index in [0.29, 0.717) is 17.1 Å². The maximum absolute atomic E-state index is 12.2. The Morgan fingerprint density at radius 1 is 1.57 bits per heavy atom. The van der Waals surface area contributed by atoms with E-state index in [1.807, 2.05) is 0 Å². The van der Waals surface area contributed by atoms with Gasteiger partial charge in [0.15, 0.2) is 0 Å². The normalized spacial score (nSPS) is 23.3. The number of carbonyl (C=O) groups excluding carboxylic acids is 2. The number of nitrogens with zero attached hydrogens (tertiary/aromatic N) is 3. The minimum absolute atomic E-state index is 0.0241. The lowest BCUT2D eigenvalue weighted by Crippen LogP contribution is -2.70. The first-order valence-electron chi connectivity index (χ1n) is 6.56. The molecule has 0 bridgehead atoms. The van der Waals surface area contributed by atoms with Crippen molar-refractivity contribution in [1.29, 1.82) is 0 Å². The highest BCUT2D eigenvalue weighted by atomic mass is 32.2. The van der Waals surface area contributed by atoms with Crippen molar-refractivity contribution in [3.63, 3.8) is 0 Å². The van der Waals surface area contributed by atoms with E-state index in [2.05, 4.69) is 14.9 Å². The molecule has 2 N–H and O–H groups in total. The Morgan fingerprint density at radius 2 is 2.35 bits per heavy atom. The number of rotatable bonds is 5. The van der Waals surface area contributed by atoms with Gasteiger partial charge in [0.1, 0.15) is 22.1 Å². The molecule has 1 aromatic rings. The van der Waals surface area contributed by atoms with Crippen LogP contribution in [0.2, 0.25) is 0 Å². The molecule has 122 valence electrons. The summed E-state index contributed by atoms with van der Waals surface area (Å²) in [6.07, 6.45) is 0. The fraction of sp³-hybridized carbons (Fsp3) is 0.417. The lowest BCUT2D eigenvalue weighted by Gasteiger charge is -2.49. The fourth-order valence-corrected chi connectivity index (χ4v) is 5.30. The number of aliphatic carboxylic acids is 1. The number of amides is 2. The number of carbonyl (C=O) groups is 3. The Bertz CT molecular complexity index is 690. The summed E-state index contributed by atoms with van der Waals surface area (Å²) in [7, 11) is 0. The average Bonchev–Trinajstić information content (AvgIpc) is 3.02. The van der Waals surface area contributed by atoms with Gasteiger partial charge in [-0.2, -0.15) is 0 Å². The second-order valence-electron chi connectivity index (χ2n) is 4.88. The van der Waals surface area contributed by atoms with Gasteiger partial charge in [-0.15, -0.1) is 16.9 Å². The van der Waals surface area contributed by atoms with E-state index in [9.17, 15) is 19.5 Å². The molecule has 1 aromatic heterocycles. The second kappa shape index (κ2) is 6.49. The van der Waals surface area contributed by atoms with Gasteiger partial charge in [-0.1, -0.05) is 16.3 Å². The van der Waals surface area contributed by atoms with Crippen LogP contribution in [-0.2, 0) is 14.4 Å². The van der Waals surface area contributed by atoms with E-state index in [-0.39, 0.29) is 22.9 Å². The third-order valence-corrected chi connectivity index (χ3v) is 6.32. The zero-order chi connectivity index (χ0) is 16.6. The van der Waals surface area contributed by atoms with Crippen molar-refractivity contribution in [2.45, 2.75) is 23.4 Å². The average molecular weight is 372 g/mol. The van der Waals surface area contributed by atoms with Crippen LogP contribution in [0.1, 0.15) is 6.92 Å². The molecule has 2 amide bonds. The molecule has 3 heterocycles. The summed E-state index contributed by atoms with van der Waals surface area (Å²) in [6, 6.07) is -0.649. The summed E-state index contributed by atoms with van der Waals surface area (Å²) in [5, 5.41) is 18.1. The van der Waals surface area contributed by atoms with Crippen molar-refractivity contribution in [2.75, 3.05) is 11.5 Å². The van der Waals surface area contributed by atoms with Crippen LogP contribution in [0.3, 0.4) is 0 Å². The lowest BCUT2D eigenvalue weighted by molar-refractivity contribution is -0.150. The Balaban J connectivity index is 1.79. The lowest BCUT2D eigenvalue weighted by atomic mass is 10.0. The van der Waals surface area contributed by atoms with Crippen LogP contribution in [0.25, 0.3) is 0 Å². The van der Waals surface area contributed by atoms with Gasteiger partial charge in [0.25, 0.3) is 5.91 Å². The van der Waals surface area contributed by atoms with Crippen molar-refractivity contribution >= 4 is 52.8 Å². The highest BCUT2D eigenvalue weighted by Crippen LogP contribution is 2.41. The molecule has 2 aliphatic rings. The van der Waals surface area contributed by atoms with E-state index in [1.54, 1.807) is 5.38 Å². The fourth-order valence-electron chi connectivity index (χ4n) is 2.39. The molecular weight excluding hydrogens is 360 g/mol. The SMILES string of the molecule is CC(=O)NC1C(=O)N2C(C(=O)O)=C(CSc3csnn3)CS[C@H]12. The van der Waals surface area contributed by atoms with Crippen LogP contribution in [0, 0.1) is 0 Å². The number of aromatic nitrogens is 2. The van der Waals surface area contributed by atoms with Crippen LogP contribution in [0.4, 0.5) is 0 Å². The standard InChI is InChI=1S/C12H12N4O4S3/c1-5(17)13-8-10(18)16-9(12(19)20)6(3-22-11(8)16)2-21-7-4-23-15-14-7/h4,8,11H,2-3H2,1H3,(H,13,17)(H,19,20)/t8?,11-/m1/s1. The van der Waals surface area contributed by atoms with Crippen LogP contribution in [0.5, 0.6) is 0 Å². The number of carboxylic acids is 1. The molecule has 8 nitrogen and oxygen atoms in total. The summed E-state index contributed by atoms with van der Waals surface area (Å²) in [5.74, 6) is -0.885. The van der Waals surface area contributed by atoms with E-state index >= 15 is 0 Å². The number of hydrogen-bond acceptors (Lipinski definition) is 8. The van der Waals surface area contributed by atoms with Gasteiger partial charge in [0, 0.05) is 23.8 Å². The summed E-state index contributed by atoms with van der Waals surface area (Å²) in [6.45, 7) is 1.33. The minimum Gasteiger partial charge on any atom is -0.477 e. The Kier molecular flexibility index (Phi) is 4.60. The molecule has 1 unspecified atom stereocenters. The Morgan fingerprint density at radius 3 is 2.96 bits per heavy atom. The van der Waals surface area contributed by atoms with E-state index < -0.39 is 12.0 Å². The topological polar surface area (TPSA) is 112 Å². The maximum atomic E-state index is 12.2. The number of nitrogens with one attached hydrogen (secondary N) is 1. The molecule has 0 aliphatic carbocycles. The number of thioether (sulfide) groups is 2. The maximum Gasteiger partial charge on any atom is 0.352 e. The Hall–Kier alpha value is -1.59. The molecule has 2 atom stereocenters. The first-order valence-corrected chi connectivity index (χ1v) is 9.43. The predicted molar refractivity (Wildman–Crippen MR) is 86.0 cm³/mol. The predicted octanol–water partition coefficient (Wildman–Crippen LogP) is 0.389. The van der Waals surface area contributed by atoms with E-state index in [4.69, 9.17) is 0 Å². The van der Waals surface area contributed by atoms with Gasteiger partial charge in [-0.05, 0) is 17.1 Å². The van der Waals surface area contributed by atoms with E-state index in [1.165, 1.54) is 46.9 Å². The molecule has 23 heavy (non-hydrogen) atoms. The van der Waals surface area contributed by atoms with Crippen molar-refractivity contribution in [3.05, 3.63) is 16.7 Å². The molecule has 1 fully saturated rings. The van der Waals surface area contributed by atoms with Crippen molar-refractivity contribution in [3.8, 4) is 0 Å². The van der Waals surface area contributed by atoms with Gasteiger partial charge >= 0.3 is 5.97 Å². The smallest absolute Gasteiger partial charge is 0.352 e.